The second-order valence-electron chi connectivity index (χ2n) is 3.68. The first kappa shape index (κ1) is 11.1. The van der Waals surface area contributed by atoms with E-state index in [0.29, 0.717) is 0 Å². The average Bonchev–Trinajstić information content (AvgIpc) is 2.60. The van der Waals surface area contributed by atoms with Crippen molar-refractivity contribution in [1.29, 1.82) is 0 Å². The molecule has 4 nitrogen and oxygen atoms in total. The third-order valence-corrected chi connectivity index (χ3v) is 3.24. The molecular formula is C10H16BrN3O. The lowest BCUT2D eigenvalue weighted by atomic mass is 10.3. The highest BCUT2D eigenvalue weighted by Gasteiger charge is 2.13. The molecule has 0 bridgehead atoms. The standard InChI is InChI=1S/C10H16BrN3O/c1-2-14-8-9(12-10(14)11)7-13-3-5-15-6-4-13/h8H,2-7H2,1H3. The summed E-state index contributed by atoms with van der Waals surface area (Å²) in [5.41, 5.74) is 1.13. The van der Waals surface area contributed by atoms with Crippen LogP contribution < -0.4 is 0 Å². The van der Waals surface area contributed by atoms with Crippen molar-refractivity contribution in [3.63, 3.8) is 0 Å². The first-order valence-corrected chi connectivity index (χ1v) is 6.10. The lowest BCUT2D eigenvalue weighted by molar-refractivity contribution is 0.0337. The Kier molecular flexibility index (Phi) is 3.77. The first-order valence-electron chi connectivity index (χ1n) is 5.31. The highest BCUT2D eigenvalue weighted by Crippen LogP contribution is 2.12. The fraction of sp³-hybridized carbons (Fsp3) is 0.700. The Bertz CT molecular complexity index is 320. The summed E-state index contributed by atoms with van der Waals surface area (Å²) in [6.45, 7) is 7.70. The molecule has 0 N–H and O–H groups in total. The molecule has 5 heteroatoms. The maximum absolute atomic E-state index is 5.31. The van der Waals surface area contributed by atoms with Gasteiger partial charge in [0.15, 0.2) is 4.73 Å². The lowest BCUT2D eigenvalue weighted by Gasteiger charge is -2.25. The number of morpholine rings is 1. The van der Waals surface area contributed by atoms with E-state index in [1.807, 2.05) is 0 Å². The van der Waals surface area contributed by atoms with Gasteiger partial charge in [0, 0.05) is 32.4 Å². The van der Waals surface area contributed by atoms with Gasteiger partial charge in [-0.3, -0.25) is 4.90 Å². The van der Waals surface area contributed by atoms with E-state index in [0.717, 1.165) is 49.8 Å². The summed E-state index contributed by atoms with van der Waals surface area (Å²) in [5, 5.41) is 0. The Morgan fingerprint density at radius 1 is 1.47 bits per heavy atom. The fourth-order valence-electron chi connectivity index (χ4n) is 1.73. The Balaban J connectivity index is 1.97. The Labute approximate surface area is 98.4 Å². The fourth-order valence-corrected chi connectivity index (χ4v) is 2.31. The quantitative estimate of drug-likeness (QED) is 0.836. The summed E-state index contributed by atoms with van der Waals surface area (Å²) >= 11 is 3.45. The minimum Gasteiger partial charge on any atom is -0.379 e. The SMILES string of the molecule is CCn1cc(CN2CCOCC2)nc1Br. The summed E-state index contributed by atoms with van der Waals surface area (Å²) in [6.07, 6.45) is 2.11. The van der Waals surface area contributed by atoms with E-state index in [9.17, 15) is 0 Å². The molecule has 0 aromatic carbocycles. The van der Waals surface area contributed by atoms with Gasteiger partial charge in [-0.2, -0.15) is 0 Å². The molecule has 0 aliphatic carbocycles. The van der Waals surface area contributed by atoms with Gasteiger partial charge < -0.3 is 9.30 Å². The van der Waals surface area contributed by atoms with E-state index in [1.165, 1.54) is 0 Å². The summed E-state index contributed by atoms with van der Waals surface area (Å²) in [6, 6.07) is 0. The highest BCUT2D eigenvalue weighted by molar-refractivity contribution is 9.10. The predicted octanol–water partition coefficient (Wildman–Crippen LogP) is 1.50. The van der Waals surface area contributed by atoms with Crippen molar-refractivity contribution in [2.24, 2.45) is 0 Å². The molecular weight excluding hydrogens is 258 g/mol. The number of hydrogen-bond donors (Lipinski definition) is 0. The van der Waals surface area contributed by atoms with Crippen molar-refractivity contribution >= 4 is 15.9 Å². The second-order valence-corrected chi connectivity index (χ2v) is 4.39. The zero-order valence-electron chi connectivity index (χ0n) is 8.95. The number of ether oxygens (including phenoxy) is 1. The maximum atomic E-state index is 5.31. The van der Waals surface area contributed by atoms with Crippen LogP contribution in [0.25, 0.3) is 0 Å². The summed E-state index contributed by atoms with van der Waals surface area (Å²) in [4.78, 5) is 6.85. The van der Waals surface area contributed by atoms with Gasteiger partial charge in [-0.15, -0.1) is 0 Å². The molecule has 0 saturated carbocycles. The van der Waals surface area contributed by atoms with E-state index < -0.39 is 0 Å². The lowest BCUT2D eigenvalue weighted by Crippen LogP contribution is -2.35. The summed E-state index contributed by atoms with van der Waals surface area (Å²) in [7, 11) is 0. The van der Waals surface area contributed by atoms with Gasteiger partial charge in [-0.05, 0) is 22.9 Å². The number of halogens is 1. The number of aryl methyl sites for hydroxylation is 1. The number of hydrogen-bond acceptors (Lipinski definition) is 3. The van der Waals surface area contributed by atoms with Crippen LogP contribution in [-0.2, 0) is 17.8 Å². The molecule has 1 aromatic heterocycles. The van der Waals surface area contributed by atoms with Crippen LogP contribution in [0.1, 0.15) is 12.6 Å². The average molecular weight is 274 g/mol. The van der Waals surface area contributed by atoms with Crippen LogP contribution in [0.15, 0.2) is 10.9 Å². The van der Waals surface area contributed by atoms with Gasteiger partial charge in [0.05, 0.1) is 18.9 Å². The van der Waals surface area contributed by atoms with Crippen molar-refractivity contribution in [2.75, 3.05) is 26.3 Å². The molecule has 0 spiro atoms. The Morgan fingerprint density at radius 3 is 2.80 bits per heavy atom. The molecule has 15 heavy (non-hydrogen) atoms. The molecule has 0 amide bonds. The predicted molar refractivity (Wildman–Crippen MR) is 61.7 cm³/mol. The van der Waals surface area contributed by atoms with E-state index in [4.69, 9.17) is 4.74 Å². The van der Waals surface area contributed by atoms with E-state index in [2.05, 4.69) is 43.5 Å². The molecule has 2 rings (SSSR count). The number of aromatic nitrogens is 2. The van der Waals surface area contributed by atoms with Gasteiger partial charge >= 0.3 is 0 Å². The van der Waals surface area contributed by atoms with Crippen molar-refractivity contribution in [2.45, 2.75) is 20.0 Å². The van der Waals surface area contributed by atoms with Crippen LogP contribution >= 0.6 is 15.9 Å². The molecule has 1 aliphatic heterocycles. The molecule has 1 saturated heterocycles. The molecule has 2 heterocycles. The smallest absolute Gasteiger partial charge is 0.177 e. The largest absolute Gasteiger partial charge is 0.379 e. The number of rotatable bonds is 3. The van der Waals surface area contributed by atoms with Crippen molar-refractivity contribution in [3.05, 3.63) is 16.6 Å². The second kappa shape index (κ2) is 5.09. The van der Waals surface area contributed by atoms with E-state index >= 15 is 0 Å². The number of imidazole rings is 1. The summed E-state index contributed by atoms with van der Waals surface area (Å²) < 4.78 is 8.34. The van der Waals surface area contributed by atoms with Crippen molar-refractivity contribution in [3.8, 4) is 0 Å². The van der Waals surface area contributed by atoms with Gasteiger partial charge in [0.1, 0.15) is 0 Å². The zero-order valence-corrected chi connectivity index (χ0v) is 10.5. The van der Waals surface area contributed by atoms with Gasteiger partial charge in [-0.1, -0.05) is 0 Å². The zero-order chi connectivity index (χ0) is 10.7. The molecule has 0 radical (unpaired) electrons. The van der Waals surface area contributed by atoms with Crippen LogP contribution in [0.2, 0.25) is 0 Å². The van der Waals surface area contributed by atoms with Gasteiger partial charge in [0.25, 0.3) is 0 Å². The van der Waals surface area contributed by atoms with Crippen LogP contribution in [-0.4, -0.2) is 40.8 Å². The van der Waals surface area contributed by atoms with E-state index in [1.54, 1.807) is 0 Å². The molecule has 1 aliphatic rings. The van der Waals surface area contributed by atoms with Gasteiger partial charge in [0.2, 0.25) is 0 Å². The first-order chi connectivity index (χ1) is 7.29. The maximum Gasteiger partial charge on any atom is 0.177 e. The van der Waals surface area contributed by atoms with Gasteiger partial charge in [-0.25, -0.2) is 4.98 Å². The Morgan fingerprint density at radius 2 is 2.20 bits per heavy atom. The molecule has 1 fully saturated rings. The van der Waals surface area contributed by atoms with Crippen LogP contribution in [0.4, 0.5) is 0 Å². The van der Waals surface area contributed by atoms with Crippen LogP contribution in [0, 0.1) is 0 Å². The highest BCUT2D eigenvalue weighted by atomic mass is 79.9. The third kappa shape index (κ3) is 2.80. The topological polar surface area (TPSA) is 30.3 Å². The third-order valence-electron chi connectivity index (χ3n) is 2.61. The number of nitrogens with zero attached hydrogens (tertiary/aromatic N) is 3. The van der Waals surface area contributed by atoms with Crippen LogP contribution in [0.3, 0.4) is 0 Å². The normalized spacial score (nSPS) is 18.3. The molecule has 84 valence electrons. The monoisotopic (exact) mass is 273 g/mol. The van der Waals surface area contributed by atoms with Crippen molar-refractivity contribution in [1.82, 2.24) is 14.5 Å². The minimum atomic E-state index is 0.843. The van der Waals surface area contributed by atoms with E-state index in [-0.39, 0.29) is 0 Å². The molecule has 0 atom stereocenters. The Hall–Kier alpha value is -0.390. The van der Waals surface area contributed by atoms with Crippen LogP contribution in [0.5, 0.6) is 0 Å². The minimum absolute atomic E-state index is 0.843. The van der Waals surface area contributed by atoms with Crippen molar-refractivity contribution < 1.29 is 4.74 Å². The summed E-state index contributed by atoms with van der Waals surface area (Å²) in [5.74, 6) is 0. The molecule has 1 aromatic rings. The molecule has 0 unspecified atom stereocenters.